The van der Waals surface area contributed by atoms with Crippen molar-refractivity contribution in [2.45, 2.75) is 5.75 Å². The first kappa shape index (κ1) is 16.8. The van der Waals surface area contributed by atoms with Gasteiger partial charge in [-0.1, -0.05) is 24.3 Å². The van der Waals surface area contributed by atoms with Gasteiger partial charge in [-0.05, 0) is 46.4 Å². The molecule has 2 aromatic rings. The minimum Gasteiger partial charge on any atom is -0.380 e. The number of methoxy groups -OCH3 is 1. The van der Waals surface area contributed by atoms with Crippen molar-refractivity contribution in [1.82, 2.24) is 0 Å². The predicted molar refractivity (Wildman–Crippen MR) is 93.5 cm³/mol. The van der Waals surface area contributed by atoms with Crippen LogP contribution in [0.4, 0.5) is 0 Å². The Hall–Kier alpha value is -2.53. The third-order valence-corrected chi connectivity index (χ3v) is 4.17. The number of benzene rings is 2. The van der Waals surface area contributed by atoms with Gasteiger partial charge in [0, 0.05) is 12.9 Å². The van der Waals surface area contributed by atoms with Gasteiger partial charge in [0.25, 0.3) is 0 Å². The van der Waals surface area contributed by atoms with Crippen molar-refractivity contribution in [1.29, 1.82) is 10.5 Å². The highest BCUT2D eigenvalue weighted by Crippen LogP contribution is 2.22. The van der Waals surface area contributed by atoms with Crippen LogP contribution in [0.2, 0.25) is 0 Å². The lowest BCUT2D eigenvalue weighted by Crippen LogP contribution is -1.94. The lowest BCUT2D eigenvalue weighted by atomic mass is 10.1. The number of thioether (sulfide) groups is 1. The summed E-state index contributed by atoms with van der Waals surface area (Å²) >= 11 is 1.67. The van der Waals surface area contributed by atoms with Crippen molar-refractivity contribution in [2.75, 3.05) is 13.7 Å². The molecular weight excluding hydrogens is 304 g/mol. The van der Waals surface area contributed by atoms with Gasteiger partial charge in [0.2, 0.25) is 0 Å². The zero-order valence-corrected chi connectivity index (χ0v) is 13.6. The van der Waals surface area contributed by atoms with Gasteiger partial charge < -0.3 is 4.74 Å². The fourth-order valence-electron chi connectivity index (χ4n) is 2.04. The van der Waals surface area contributed by atoms with Crippen molar-refractivity contribution in [3.8, 4) is 12.1 Å². The van der Waals surface area contributed by atoms with Crippen LogP contribution in [0.1, 0.15) is 22.3 Å². The number of hydrogen-bond acceptors (Lipinski definition) is 4. The highest BCUT2D eigenvalue weighted by molar-refractivity contribution is 8.01. The molecule has 0 aliphatic rings. The summed E-state index contributed by atoms with van der Waals surface area (Å²) < 4.78 is 5.26. The molecule has 0 aliphatic carbocycles. The summed E-state index contributed by atoms with van der Waals surface area (Å²) in [4.78, 5) is 0. The molecular formula is C19H16N2OS. The summed E-state index contributed by atoms with van der Waals surface area (Å²) in [5.74, 6) is 0.816. The van der Waals surface area contributed by atoms with Crippen molar-refractivity contribution < 1.29 is 4.74 Å². The summed E-state index contributed by atoms with van der Waals surface area (Å²) in [5.41, 5.74) is 4.51. The molecule has 0 saturated carbocycles. The van der Waals surface area contributed by atoms with Crippen LogP contribution in [0.5, 0.6) is 0 Å². The molecule has 0 bridgehead atoms. The van der Waals surface area contributed by atoms with Crippen LogP contribution in [0.25, 0.3) is 5.57 Å². The maximum atomic E-state index is 9.01. The zero-order valence-electron chi connectivity index (χ0n) is 12.8. The minimum atomic E-state index is 0.495. The van der Waals surface area contributed by atoms with Crippen molar-refractivity contribution >= 4 is 17.3 Å². The predicted octanol–water partition coefficient (Wildman–Crippen LogP) is 4.35. The van der Waals surface area contributed by atoms with Crippen LogP contribution < -0.4 is 0 Å². The minimum absolute atomic E-state index is 0.495. The molecule has 0 spiro atoms. The fraction of sp³-hybridized carbons (Fsp3) is 0.158. The number of nitrogens with zero attached hydrogens (tertiary/aromatic N) is 2. The van der Waals surface area contributed by atoms with Gasteiger partial charge in [-0.15, -0.1) is 11.8 Å². The van der Waals surface area contributed by atoms with E-state index in [1.54, 1.807) is 24.9 Å². The van der Waals surface area contributed by atoms with Gasteiger partial charge in [-0.25, -0.2) is 0 Å². The van der Waals surface area contributed by atoms with E-state index >= 15 is 0 Å². The Morgan fingerprint density at radius 3 is 2.48 bits per heavy atom. The van der Waals surface area contributed by atoms with Crippen LogP contribution in [0, 0.1) is 22.7 Å². The van der Waals surface area contributed by atoms with Crippen LogP contribution in [-0.4, -0.2) is 13.7 Å². The molecule has 0 atom stereocenters. The SMILES string of the molecule is COC/C(=C\SCc1ccc(C#N)cc1)c1cccc(C#N)c1. The van der Waals surface area contributed by atoms with E-state index in [0.717, 1.165) is 22.5 Å². The molecule has 0 amide bonds. The standard InChI is InChI=1S/C19H16N2OS/c1-22-12-19(18-4-2-3-17(9-18)11-21)14-23-13-16-7-5-15(10-20)6-8-16/h2-9,14H,12-13H2,1H3/b19-14+. The lowest BCUT2D eigenvalue weighted by Gasteiger charge is -2.07. The average Bonchev–Trinajstić information content (AvgIpc) is 2.61. The van der Waals surface area contributed by atoms with Crippen LogP contribution in [-0.2, 0) is 10.5 Å². The van der Waals surface area contributed by atoms with Crippen molar-refractivity contribution in [3.05, 3.63) is 76.2 Å². The first-order chi connectivity index (χ1) is 11.3. The molecule has 3 nitrogen and oxygen atoms in total. The first-order valence-electron chi connectivity index (χ1n) is 7.06. The van der Waals surface area contributed by atoms with Crippen LogP contribution in [0.3, 0.4) is 0 Å². The summed E-state index contributed by atoms with van der Waals surface area (Å²) in [6.45, 7) is 0.495. The van der Waals surface area contributed by atoms with E-state index < -0.39 is 0 Å². The van der Waals surface area contributed by atoms with Gasteiger partial charge in [0.15, 0.2) is 0 Å². The number of nitriles is 2. The maximum Gasteiger partial charge on any atom is 0.0991 e. The second-order valence-corrected chi connectivity index (χ2v) is 5.75. The first-order valence-corrected chi connectivity index (χ1v) is 8.11. The Kier molecular flexibility index (Phi) is 6.44. The van der Waals surface area contributed by atoms with Crippen LogP contribution >= 0.6 is 11.8 Å². The Bertz CT molecular complexity index is 767. The second-order valence-electron chi connectivity index (χ2n) is 4.89. The topological polar surface area (TPSA) is 56.8 Å². The largest absolute Gasteiger partial charge is 0.380 e. The summed E-state index contributed by atoms with van der Waals surface area (Å²) in [6.07, 6.45) is 0. The van der Waals surface area contributed by atoms with E-state index in [1.807, 2.05) is 42.5 Å². The van der Waals surface area contributed by atoms with Crippen molar-refractivity contribution in [2.24, 2.45) is 0 Å². The van der Waals surface area contributed by atoms with Gasteiger partial charge in [0.05, 0.1) is 29.9 Å². The van der Waals surface area contributed by atoms with E-state index in [2.05, 4.69) is 17.5 Å². The zero-order chi connectivity index (χ0) is 16.5. The molecule has 0 unspecified atom stereocenters. The molecule has 114 valence electrons. The van der Waals surface area contributed by atoms with E-state index in [4.69, 9.17) is 15.3 Å². The Labute approximate surface area is 140 Å². The van der Waals surface area contributed by atoms with Gasteiger partial charge in [-0.3, -0.25) is 0 Å². The van der Waals surface area contributed by atoms with Gasteiger partial charge in [0.1, 0.15) is 0 Å². The molecule has 0 heterocycles. The van der Waals surface area contributed by atoms with E-state index in [9.17, 15) is 0 Å². The number of ether oxygens (including phenoxy) is 1. The molecule has 0 fully saturated rings. The molecule has 0 aliphatic heterocycles. The fourth-order valence-corrected chi connectivity index (χ4v) is 2.92. The monoisotopic (exact) mass is 320 g/mol. The normalized spacial score (nSPS) is 10.8. The molecule has 23 heavy (non-hydrogen) atoms. The molecule has 0 radical (unpaired) electrons. The lowest BCUT2D eigenvalue weighted by molar-refractivity contribution is 0.240. The van der Waals surface area contributed by atoms with Crippen LogP contribution in [0.15, 0.2) is 53.9 Å². The van der Waals surface area contributed by atoms with E-state index in [-0.39, 0.29) is 0 Å². The van der Waals surface area contributed by atoms with Crippen molar-refractivity contribution in [3.63, 3.8) is 0 Å². The smallest absolute Gasteiger partial charge is 0.0991 e. The molecule has 2 aromatic carbocycles. The molecule has 4 heteroatoms. The second kappa shape index (κ2) is 8.80. The van der Waals surface area contributed by atoms with E-state index in [0.29, 0.717) is 17.7 Å². The average molecular weight is 320 g/mol. The molecule has 0 aromatic heterocycles. The van der Waals surface area contributed by atoms with Gasteiger partial charge in [-0.2, -0.15) is 10.5 Å². The van der Waals surface area contributed by atoms with E-state index in [1.165, 1.54) is 0 Å². The summed E-state index contributed by atoms with van der Waals surface area (Å²) in [7, 11) is 1.66. The Morgan fingerprint density at radius 2 is 1.83 bits per heavy atom. The maximum absolute atomic E-state index is 9.01. The summed E-state index contributed by atoms with van der Waals surface area (Å²) in [5, 5.41) is 19.9. The third kappa shape index (κ3) is 5.00. The summed E-state index contributed by atoms with van der Waals surface area (Å²) in [6, 6.07) is 19.4. The highest BCUT2D eigenvalue weighted by Gasteiger charge is 2.03. The number of rotatable bonds is 6. The third-order valence-electron chi connectivity index (χ3n) is 3.22. The Morgan fingerprint density at radius 1 is 1.09 bits per heavy atom. The number of hydrogen-bond donors (Lipinski definition) is 0. The van der Waals surface area contributed by atoms with Gasteiger partial charge >= 0.3 is 0 Å². The molecule has 0 N–H and O–H groups in total. The Balaban J connectivity index is 2.09. The molecule has 2 rings (SSSR count). The molecule has 0 saturated heterocycles. The quantitative estimate of drug-likeness (QED) is 0.794. The highest BCUT2D eigenvalue weighted by atomic mass is 32.2.